The summed E-state index contributed by atoms with van der Waals surface area (Å²) < 4.78 is 0. The molecule has 6 nitrogen and oxygen atoms in total. The van der Waals surface area contributed by atoms with Crippen LogP contribution in [0.5, 0.6) is 0 Å². The predicted octanol–water partition coefficient (Wildman–Crippen LogP) is 3.17. The number of hydrogen-bond acceptors (Lipinski definition) is 4. The van der Waals surface area contributed by atoms with Crippen molar-refractivity contribution < 1.29 is 4.79 Å². The smallest absolute Gasteiger partial charge is 0.327 e. The molecular weight excluding hydrogens is 338 g/mol. The lowest BCUT2D eigenvalue weighted by molar-refractivity contribution is 0.146. The fourth-order valence-electron chi connectivity index (χ4n) is 4.80. The van der Waals surface area contributed by atoms with Crippen LogP contribution in [0.3, 0.4) is 0 Å². The van der Waals surface area contributed by atoms with Crippen molar-refractivity contribution >= 4 is 11.9 Å². The molecular formula is C21H27N5O. The quantitative estimate of drug-likeness (QED) is 0.862. The van der Waals surface area contributed by atoms with Crippen LogP contribution in [0, 0.1) is 5.92 Å². The van der Waals surface area contributed by atoms with Crippen molar-refractivity contribution in [2.45, 2.75) is 51.2 Å². The number of nitrogens with one attached hydrogen (secondary N) is 2. The van der Waals surface area contributed by atoms with Gasteiger partial charge in [-0.3, -0.25) is 9.80 Å². The number of benzene rings is 1. The molecule has 1 saturated carbocycles. The van der Waals surface area contributed by atoms with E-state index in [1.54, 1.807) is 0 Å². The maximum Gasteiger partial charge on any atom is 0.327 e. The van der Waals surface area contributed by atoms with E-state index in [2.05, 4.69) is 41.8 Å². The minimum absolute atomic E-state index is 0.0738. The third-order valence-electron chi connectivity index (χ3n) is 6.16. The average molecular weight is 365 g/mol. The Morgan fingerprint density at radius 1 is 1.19 bits per heavy atom. The SMILES string of the molecule is CCCN1C(=O)N2C[C@@H](c3ccccc3)NC2=C2NC(C3CCCC3)=NC21. The second kappa shape index (κ2) is 6.59. The number of rotatable bonds is 4. The highest BCUT2D eigenvalue weighted by atomic mass is 16.2. The third kappa shape index (κ3) is 2.69. The molecule has 0 aromatic heterocycles. The van der Waals surface area contributed by atoms with Crippen LogP contribution in [-0.2, 0) is 0 Å². The Bertz CT molecular complexity index is 796. The number of carbonyl (C=O) groups excluding carboxylic acids is 1. The first-order chi connectivity index (χ1) is 13.3. The van der Waals surface area contributed by atoms with Crippen LogP contribution in [0.15, 0.2) is 46.8 Å². The Morgan fingerprint density at radius 3 is 2.70 bits per heavy atom. The van der Waals surface area contributed by atoms with Crippen LogP contribution >= 0.6 is 0 Å². The largest absolute Gasteiger partial charge is 0.361 e. The number of carbonyl (C=O) groups is 1. The number of aliphatic imine (C=N–C) groups is 1. The molecule has 2 N–H and O–H groups in total. The predicted molar refractivity (Wildman–Crippen MR) is 105 cm³/mol. The molecule has 2 atom stereocenters. The van der Waals surface area contributed by atoms with Gasteiger partial charge in [0.2, 0.25) is 0 Å². The first-order valence-electron chi connectivity index (χ1n) is 10.2. The number of amidine groups is 1. The summed E-state index contributed by atoms with van der Waals surface area (Å²) in [4.78, 5) is 22.0. The van der Waals surface area contributed by atoms with E-state index in [4.69, 9.17) is 4.99 Å². The van der Waals surface area contributed by atoms with Crippen LogP contribution in [0.25, 0.3) is 0 Å². The summed E-state index contributed by atoms with van der Waals surface area (Å²) in [6, 6.07) is 10.6. The molecule has 1 aromatic rings. The van der Waals surface area contributed by atoms with Gasteiger partial charge in [-0.2, -0.15) is 0 Å². The fourth-order valence-corrected chi connectivity index (χ4v) is 4.80. The van der Waals surface area contributed by atoms with Gasteiger partial charge < -0.3 is 10.6 Å². The average Bonchev–Trinajstić information content (AvgIpc) is 3.44. The van der Waals surface area contributed by atoms with E-state index in [-0.39, 0.29) is 18.2 Å². The maximum atomic E-state index is 13.2. The monoisotopic (exact) mass is 365 g/mol. The molecule has 1 aliphatic carbocycles. The lowest BCUT2D eigenvalue weighted by Gasteiger charge is -2.36. The molecule has 2 fully saturated rings. The Labute approximate surface area is 160 Å². The normalized spacial score (nSPS) is 27.4. The van der Waals surface area contributed by atoms with Gasteiger partial charge in [0.1, 0.15) is 17.4 Å². The second-order valence-electron chi connectivity index (χ2n) is 7.95. The number of urea groups is 1. The van der Waals surface area contributed by atoms with Gasteiger partial charge in [0.25, 0.3) is 0 Å². The van der Waals surface area contributed by atoms with Crippen molar-refractivity contribution in [2.75, 3.05) is 13.1 Å². The topological polar surface area (TPSA) is 60.0 Å². The van der Waals surface area contributed by atoms with Crippen LogP contribution in [0.4, 0.5) is 4.79 Å². The number of nitrogens with zero attached hydrogens (tertiary/aromatic N) is 3. The van der Waals surface area contributed by atoms with Crippen molar-refractivity contribution in [1.29, 1.82) is 0 Å². The molecule has 1 unspecified atom stereocenters. The molecule has 3 aliphatic heterocycles. The summed E-state index contributed by atoms with van der Waals surface area (Å²) in [6.45, 7) is 3.51. The zero-order chi connectivity index (χ0) is 18.4. The van der Waals surface area contributed by atoms with Gasteiger partial charge in [-0.15, -0.1) is 0 Å². The van der Waals surface area contributed by atoms with Crippen LogP contribution in [0.1, 0.15) is 50.6 Å². The molecule has 0 bridgehead atoms. The van der Waals surface area contributed by atoms with Crippen molar-refractivity contribution in [2.24, 2.45) is 10.9 Å². The van der Waals surface area contributed by atoms with Gasteiger partial charge in [-0.1, -0.05) is 50.1 Å². The van der Waals surface area contributed by atoms with Gasteiger partial charge in [0.15, 0.2) is 6.17 Å². The molecule has 27 heavy (non-hydrogen) atoms. The third-order valence-corrected chi connectivity index (χ3v) is 6.16. The van der Waals surface area contributed by atoms with Gasteiger partial charge in [0.05, 0.1) is 12.6 Å². The Balaban J connectivity index is 1.49. The number of fused-ring (bicyclic) bond motifs is 2. The van der Waals surface area contributed by atoms with Gasteiger partial charge in [-0.05, 0) is 24.8 Å². The molecule has 1 aromatic carbocycles. The van der Waals surface area contributed by atoms with Crippen molar-refractivity contribution in [3.05, 3.63) is 47.4 Å². The van der Waals surface area contributed by atoms with E-state index in [0.717, 1.165) is 30.3 Å². The van der Waals surface area contributed by atoms with E-state index in [1.807, 2.05) is 15.9 Å². The Morgan fingerprint density at radius 2 is 1.96 bits per heavy atom. The summed E-state index contributed by atoms with van der Waals surface area (Å²) in [7, 11) is 0. The molecule has 5 rings (SSSR count). The molecule has 0 spiro atoms. The molecule has 4 aliphatic rings. The number of amides is 2. The highest BCUT2D eigenvalue weighted by Crippen LogP contribution is 2.37. The first kappa shape index (κ1) is 16.7. The second-order valence-corrected chi connectivity index (χ2v) is 7.95. The van der Waals surface area contributed by atoms with E-state index >= 15 is 0 Å². The lowest BCUT2D eigenvalue weighted by Crippen LogP contribution is -2.53. The molecule has 142 valence electrons. The highest BCUT2D eigenvalue weighted by molar-refractivity contribution is 5.91. The lowest BCUT2D eigenvalue weighted by atomic mass is 10.1. The van der Waals surface area contributed by atoms with Crippen LogP contribution in [-0.4, -0.2) is 40.9 Å². The molecule has 0 radical (unpaired) electrons. The summed E-state index contributed by atoms with van der Waals surface area (Å²) >= 11 is 0. The summed E-state index contributed by atoms with van der Waals surface area (Å²) in [5, 5.41) is 7.23. The zero-order valence-electron chi connectivity index (χ0n) is 15.8. The standard InChI is InChI=1S/C21H27N5O/c1-2-12-25-20-17(23-18(24-20)15-10-6-7-11-15)19-22-16(13-26(19)21(25)27)14-8-4-3-5-9-14/h3-5,8-9,15-16,20,22H,2,6-7,10-13H2,1H3,(H,23,24)/t16-,20?/m0/s1. The Hall–Kier alpha value is -2.50. The molecule has 1 saturated heterocycles. The first-order valence-corrected chi connectivity index (χ1v) is 10.2. The van der Waals surface area contributed by atoms with Crippen molar-refractivity contribution in [3.8, 4) is 0 Å². The Kier molecular flexibility index (Phi) is 4.06. The van der Waals surface area contributed by atoms with Crippen molar-refractivity contribution in [1.82, 2.24) is 20.4 Å². The maximum absolute atomic E-state index is 13.2. The fraction of sp³-hybridized carbons (Fsp3) is 0.524. The summed E-state index contributed by atoms with van der Waals surface area (Å²) in [5.74, 6) is 2.52. The van der Waals surface area contributed by atoms with Gasteiger partial charge in [-0.25, -0.2) is 9.79 Å². The van der Waals surface area contributed by atoms with Crippen LogP contribution < -0.4 is 10.6 Å². The summed E-state index contributed by atoms with van der Waals surface area (Å²) in [6.07, 6.45) is 5.70. The van der Waals surface area contributed by atoms with Crippen LogP contribution in [0.2, 0.25) is 0 Å². The molecule has 3 heterocycles. The molecule has 2 amide bonds. The zero-order valence-corrected chi connectivity index (χ0v) is 15.8. The van der Waals surface area contributed by atoms with E-state index in [0.29, 0.717) is 12.5 Å². The number of hydrogen-bond donors (Lipinski definition) is 2. The van der Waals surface area contributed by atoms with Crippen molar-refractivity contribution in [3.63, 3.8) is 0 Å². The van der Waals surface area contributed by atoms with E-state index in [1.165, 1.54) is 31.2 Å². The highest BCUT2D eigenvalue weighted by Gasteiger charge is 2.47. The van der Waals surface area contributed by atoms with E-state index in [9.17, 15) is 4.79 Å². The van der Waals surface area contributed by atoms with E-state index < -0.39 is 0 Å². The summed E-state index contributed by atoms with van der Waals surface area (Å²) in [5.41, 5.74) is 2.27. The minimum atomic E-state index is -0.193. The van der Waals surface area contributed by atoms with Gasteiger partial charge in [0, 0.05) is 12.5 Å². The minimum Gasteiger partial charge on any atom is -0.361 e. The van der Waals surface area contributed by atoms with Gasteiger partial charge >= 0.3 is 6.03 Å². The molecule has 6 heteroatoms.